The molecular weight excluding hydrogens is 282 g/mol. The number of halogens is 1. The SMILES string of the molecule is COCCNCC/C=C(/C)c1c(Br)cnn1C. The lowest BCUT2D eigenvalue weighted by Gasteiger charge is -2.04. The number of allylic oxidation sites excluding steroid dienone is 1. The van der Waals surface area contributed by atoms with Gasteiger partial charge in [-0.05, 0) is 41.4 Å². The summed E-state index contributed by atoms with van der Waals surface area (Å²) < 4.78 is 7.89. The van der Waals surface area contributed by atoms with Crippen LogP contribution in [-0.2, 0) is 11.8 Å². The zero-order valence-electron chi connectivity index (χ0n) is 10.7. The van der Waals surface area contributed by atoms with Crippen LogP contribution in [0.1, 0.15) is 19.0 Å². The van der Waals surface area contributed by atoms with E-state index in [-0.39, 0.29) is 0 Å². The highest BCUT2D eigenvalue weighted by Crippen LogP contribution is 2.23. The van der Waals surface area contributed by atoms with Gasteiger partial charge in [0.1, 0.15) is 0 Å². The summed E-state index contributed by atoms with van der Waals surface area (Å²) in [7, 11) is 3.67. The van der Waals surface area contributed by atoms with E-state index in [9.17, 15) is 0 Å². The molecule has 0 saturated carbocycles. The topological polar surface area (TPSA) is 39.1 Å². The van der Waals surface area contributed by atoms with Crippen molar-refractivity contribution in [1.82, 2.24) is 15.1 Å². The van der Waals surface area contributed by atoms with Crippen molar-refractivity contribution in [3.8, 4) is 0 Å². The Kier molecular flexibility index (Phi) is 6.47. The molecule has 0 saturated heterocycles. The average Bonchev–Trinajstić information content (AvgIpc) is 2.63. The molecule has 0 fully saturated rings. The Balaban J connectivity index is 2.39. The average molecular weight is 302 g/mol. The lowest BCUT2D eigenvalue weighted by molar-refractivity contribution is 0.199. The maximum absolute atomic E-state index is 4.96. The molecule has 0 aliphatic heterocycles. The third kappa shape index (κ3) is 4.61. The molecule has 0 aliphatic rings. The van der Waals surface area contributed by atoms with E-state index in [0.29, 0.717) is 0 Å². The summed E-state index contributed by atoms with van der Waals surface area (Å²) in [5.41, 5.74) is 2.38. The smallest absolute Gasteiger partial charge is 0.0774 e. The lowest BCUT2D eigenvalue weighted by atomic mass is 10.2. The van der Waals surface area contributed by atoms with Crippen LogP contribution in [0, 0.1) is 0 Å². The van der Waals surface area contributed by atoms with Crippen molar-refractivity contribution in [3.63, 3.8) is 0 Å². The van der Waals surface area contributed by atoms with Crippen molar-refractivity contribution in [2.75, 3.05) is 26.8 Å². The largest absolute Gasteiger partial charge is 0.383 e. The molecule has 0 aliphatic carbocycles. The molecule has 4 nitrogen and oxygen atoms in total. The highest BCUT2D eigenvalue weighted by Gasteiger charge is 2.06. The number of hydrogen-bond acceptors (Lipinski definition) is 3. The van der Waals surface area contributed by atoms with Crippen molar-refractivity contribution in [2.45, 2.75) is 13.3 Å². The molecule has 0 bridgehead atoms. The van der Waals surface area contributed by atoms with Gasteiger partial charge in [0.2, 0.25) is 0 Å². The van der Waals surface area contributed by atoms with Crippen LogP contribution in [0.3, 0.4) is 0 Å². The molecular formula is C12H20BrN3O. The van der Waals surface area contributed by atoms with Gasteiger partial charge in [0.25, 0.3) is 0 Å². The first-order chi connectivity index (χ1) is 8.16. The summed E-state index contributed by atoms with van der Waals surface area (Å²) in [6, 6.07) is 0. The van der Waals surface area contributed by atoms with Crippen LogP contribution in [0.15, 0.2) is 16.7 Å². The monoisotopic (exact) mass is 301 g/mol. The van der Waals surface area contributed by atoms with Gasteiger partial charge in [-0.15, -0.1) is 0 Å². The third-order valence-corrected chi connectivity index (χ3v) is 3.10. The molecule has 17 heavy (non-hydrogen) atoms. The molecule has 0 atom stereocenters. The maximum atomic E-state index is 4.96. The van der Waals surface area contributed by atoms with E-state index >= 15 is 0 Å². The van der Waals surface area contributed by atoms with Crippen molar-refractivity contribution in [2.24, 2.45) is 7.05 Å². The van der Waals surface area contributed by atoms with Gasteiger partial charge in [-0.2, -0.15) is 5.10 Å². The van der Waals surface area contributed by atoms with Crippen LogP contribution >= 0.6 is 15.9 Å². The molecule has 0 aromatic carbocycles. The third-order valence-electron chi connectivity index (χ3n) is 2.52. The standard InChI is InChI=1S/C12H20BrN3O/c1-10(5-4-6-14-7-8-17-3)12-11(13)9-15-16(12)2/h5,9,14H,4,6-8H2,1-3H3/b10-5-. The van der Waals surface area contributed by atoms with Crippen molar-refractivity contribution < 1.29 is 4.74 Å². The van der Waals surface area contributed by atoms with E-state index in [4.69, 9.17) is 4.74 Å². The number of methoxy groups -OCH3 is 1. The van der Waals surface area contributed by atoms with E-state index in [0.717, 1.165) is 36.3 Å². The van der Waals surface area contributed by atoms with E-state index < -0.39 is 0 Å². The molecule has 5 heteroatoms. The Morgan fingerprint density at radius 3 is 2.94 bits per heavy atom. The molecule has 0 unspecified atom stereocenters. The van der Waals surface area contributed by atoms with Crippen LogP contribution in [-0.4, -0.2) is 36.6 Å². The van der Waals surface area contributed by atoms with E-state index in [2.05, 4.69) is 39.3 Å². The number of nitrogens with one attached hydrogen (secondary N) is 1. The fourth-order valence-corrected chi connectivity index (χ4v) is 2.30. The number of aromatic nitrogens is 2. The van der Waals surface area contributed by atoms with Crippen LogP contribution in [0.4, 0.5) is 0 Å². The minimum absolute atomic E-state index is 0.760. The Labute approximate surface area is 111 Å². The summed E-state index contributed by atoms with van der Waals surface area (Å²) in [4.78, 5) is 0. The first-order valence-electron chi connectivity index (χ1n) is 5.71. The minimum Gasteiger partial charge on any atom is -0.383 e. The van der Waals surface area contributed by atoms with Gasteiger partial charge in [-0.1, -0.05) is 6.08 Å². The fraction of sp³-hybridized carbons (Fsp3) is 0.583. The normalized spacial score (nSPS) is 12.1. The summed E-state index contributed by atoms with van der Waals surface area (Å²) in [6.07, 6.45) is 5.05. The second-order valence-electron chi connectivity index (χ2n) is 3.88. The molecule has 1 aromatic rings. The van der Waals surface area contributed by atoms with E-state index in [1.54, 1.807) is 7.11 Å². The molecule has 0 spiro atoms. The quantitative estimate of drug-likeness (QED) is 0.785. The van der Waals surface area contributed by atoms with Gasteiger partial charge in [-0.25, -0.2) is 0 Å². The van der Waals surface area contributed by atoms with Crippen LogP contribution < -0.4 is 5.32 Å². The number of nitrogens with zero attached hydrogens (tertiary/aromatic N) is 2. The highest BCUT2D eigenvalue weighted by molar-refractivity contribution is 9.10. The minimum atomic E-state index is 0.760. The van der Waals surface area contributed by atoms with Gasteiger partial charge < -0.3 is 10.1 Å². The zero-order valence-corrected chi connectivity index (χ0v) is 12.2. The number of rotatable bonds is 7. The van der Waals surface area contributed by atoms with Crippen LogP contribution in [0.25, 0.3) is 5.57 Å². The Morgan fingerprint density at radius 1 is 1.59 bits per heavy atom. The number of aryl methyl sites for hydroxylation is 1. The van der Waals surface area contributed by atoms with Gasteiger partial charge in [0.15, 0.2) is 0 Å². The molecule has 0 amide bonds. The second-order valence-corrected chi connectivity index (χ2v) is 4.74. The summed E-state index contributed by atoms with van der Waals surface area (Å²) in [5.74, 6) is 0. The van der Waals surface area contributed by atoms with E-state index in [1.807, 2.05) is 17.9 Å². The van der Waals surface area contributed by atoms with Gasteiger partial charge in [-0.3, -0.25) is 4.68 Å². The first-order valence-corrected chi connectivity index (χ1v) is 6.50. The maximum Gasteiger partial charge on any atom is 0.0774 e. The lowest BCUT2D eigenvalue weighted by Crippen LogP contribution is -2.19. The summed E-state index contributed by atoms with van der Waals surface area (Å²) in [5, 5.41) is 7.52. The van der Waals surface area contributed by atoms with Crippen molar-refractivity contribution in [3.05, 3.63) is 22.4 Å². The van der Waals surface area contributed by atoms with Crippen LogP contribution in [0.2, 0.25) is 0 Å². The molecule has 1 rings (SSSR count). The fourth-order valence-electron chi connectivity index (χ4n) is 1.64. The molecule has 96 valence electrons. The first kappa shape index (κ1) is 14.4. The van der Waals surface area contributed by atoms with Crippen molar-refractivity contribution in [1.29, 1.82) is 0 Å². The van der Waals surface area contributed by atoms with Gasteiger partial charge >= 0.3 is 0 Å². The van der Waals surface area contributed by atoms with Crippen molar-refractivity contribution >= 4 is 21.5 Å². The number of hydrogen-bond donors (Lipinski definition) is 1. The summed E-state index contributed by atoms with van der Waals surface area (Å²) >= 11 is 3.50. The second kappa shape index (κ2) is 7.63. The van der Waals surface area contributed by atoms with Gasteiger partial charge in [0.05, 0.1) is 23.0 Å². The van der Waals surface area contributed by atoms with Crippen LogP contribution in [0.5, 0.6) is 0 Å². The van der Waals surface area contributed by atoms with Gasteiger partial charge in [0, 0.05) is 20.7 Å². The number of ether oxygens (including phenoxy) is 1. The Morgan fingerprint density at radius 2 is 2.35 bits per heavy atom. The summed E-state index contributed by atoms with van der Waals surface area (Å²) in [6.45, 7) is 4.74. The Hall–Kier alpha value is -0.650. The molecule has 0 radical (unpaired) electrons. The molecule has 1 heterocycles. The van der Waals surface area contributed by atoms with E-state index in [1.165, 1.54) is 5.57 Å². The molecule has 1 N–H and O–H groups in total. The zero-order chi connectivity index (χ0) is 12.7. The predicted molar refractivity (Wildman–Crippen MR) is 73.9 cm³/mol. The Bertz CT molecular complexity index is 354. The highest BCUT2D eigenvalue weighted by atomic mass is 79.9. The molecule has 1 aromatic heterocycles. The predicted octanol–water partition coefficient (Wildman–Crippen LogP) is 2.21.